The minimum atomic E-state index is 0.247. The van der Waals surface area contributed by atoms with Gasteiger partial charge in [-0.25, -0.2) is 0 Å². The number of carbonyl (C=O) groups excluding carboxylic acids is 1. The summed E-state index contributed by atoms with van der Waals surface area (Å²) in [6.45, 7) is 3.32. The van der Waals surface area contributed by atoms with Crippen molar-refractivity contribution >= 4 is 5.91 Å². The van der Waals surface area contributed by atoms with Crippen molar-refractivity contribution < 1.29 is 4.79 Å². The first-order valence-corrected chi connectivity index (χ1v) is 6.28. The van der Waals surface area contributed by atoms with Crippen LogP contribution in [0.3, 0.4) is 0 Å². The van der Waals surface area contributed by atoms with E-state index in [1.165, 1.54) is 25.7 Å². The molecule has 0 aromatic carbocycles. The minimum absolute atomic E-state index is 0.247. The Morgan fingerprint density at radius 1 is 1.47 bits per heavy atom. The molecule has 3 nitrogen and oxygen atoms in total. The normalized spacial score (nSPS) is 34.9. The fourth-order valence-corrected chi connectivity index (χ4v) is 2.28. The van der Waals surface area contributed by atoms with Gasteiger partial charge in [0.25, 0.3) is 0 Å². The van der Waals surface area contributed by atoms with Gasteiger partial charge in [-0.3, -0.25) is 4.79 Å². The first-order valence-electron chi connectivity index (χ1n) is 6.28. The summed E-state index contributed by atoms with van der Waals surface area (Å²) in [5, 5.41) is 6.55. The predicted octanol–water partition coefficient (Wildman–Crippen LogP) is 1.43. The summed E-state index contributed by atoms with van der Waals surface area (Å²) in [6, 6.07) is 1.07. The van der Waals surface area contributed by atoms with Gasteiger partial charge in [0, 0.05) is 18.5 Å². The van der Waals surface area contributed by atoms with Gasteiger partial charge in [-0.15, -0.1) is 0 Å². The first kappa shape index (κ1) is 10.9. The number of amides is 1. The molecule has 1 amide bonds. The number of hydrogen-bond acceptors (Lipinski definition) is 2. The quantitative estimate of drug-likeness (QED) is 0.737. The molecule has 3 atom stereocenters. The Morgan fingerprint density at radius 3 is 2.87 bits per heavy atom. The first-order chi connectivity index (χ1) is 7.25. The molecule has 1 saturated carbocycles. The molecule has 2 N–H and O–H groups in total. The second kappa shape index (κ2) is 4.97. The fourth-order valence-electron chi connectivity index (χ4n) is 2.28. The monoisotopic (exact) mass is 210 g/mol. The van der Waals surface area contributed by atoms with E-state index in [1.807, 2.05) is 0 Å². The summed E-state index contributed by atoms with van der Waals surface area (Å²) in [7, 11) is 0. The van der Waals surface area contributed by atoms with Crippen LogP contribution < -0.4 is 10.6 Å². The van der Waals surface area contributed by atoms with E-state index >= 15 is 0 Å². The topological polar surface area (TPSA) is 41.1 Å². The summed E-state index contributed by atoms with van der Waals surface area (Å²) < 4.78 is 0. The SMILES string of the molecule is CC1CC1NC(=O)CCC1CCCCN1. The van der Waals surface area contributed by atoms with Gasteiger partial charge in [0.05, 0.1) is 0 Å². The van der Waals surface area contributed by atoms with Crippen LogP contribution in [0, 0.1) is 5.92 Å². The van der Waals surface area contributed by atoms with E-state index in [2.05, 4.69) is 17.6 Å². The van der Waals surface area contributed by atoms with Crippen LogP contribution in [0.4, 0.5) is 0 Å². The molecular weight excluding hydrogens is 188 g/mol. The van der Waals surface area contributed by atoms with Gasteiger partial charge in [-0.1, -0.05) is 13.3 Å². The van der Waals surface area contributed by atoms with Gasteiger partial charge in [0.2, 0.25) is 5.91 Å². The molecule has 0 bridgehead atoms. The standard InChI is InChI=1S/C12H22N2O/c1-9-8-11(9)14-12(15)6-5-10-4-2-3-7-13-10/h9-11,13H,2-8H2,1H3,(H,14,15). The number of rotatable bonds is 4. The Kier molecular flexibility index (Phi) is 3.62. The zero-order valence-electron chi connectivity index (χ0n) is 9.59. The van der Waals surface area contributed by atoms with Gasteiger partial charge >= 0.3 is 0 Å². The summed E-state index contributed by atoms with van der Waals surface area (Å²) >= 11 is 0. The van der Waals surface area contributed by atoms with Crippen molar-refractivity contribution in [1.29, 1.82) is 0 Å². The number of hydrogen-bond donors (Lipinski definition) is 2. The van der Waals surface area contributed by atoms with Crippen LogP contribution in [0.2, 0.25) is 0 Å². The van der Waals surface area contributed by atoms with E-state index in [0.717, 1.165) is 13.0 Å². The molecule has 0 spiro atoms. The lowest BCUT2D eigenvalue weighted by Crippen LogP contribution is -2.35. The number of nitrogens with one attached hydrogen (secondary N) is 2. The van der Waals surface area contributed by atoms with E-state index in [1.54, 1.807) is 0 Å². The van der Waals surface area contributed by atoms with Crippen LogP contribution in [0.25, 0.3) is 0 Å². The molecule has 1 aliphatic heterocycles. The highest BCUT2D eigenvalue weighted by atomic mass is 16.1. The smallest absolute Gasteiger partial charge is 0.220 e. The van der Waals surface area contributed by atoms with Gasteiger partial charge in [0.1, 0.15) is 0 Å². The van der Waals surface area contributed by atoms with Gasteiger partial charge < -0.3 is 10.6 Å². The van der Waals surface area contributed by atoms with E-state index in [-0.39, 0.29) is 5.91 Å². The van der Waals surface area contributed by atoms with Gasteiger partial charge in [0.15, 0.2) is 0 Å². The maximum atomic E-state index is 11.5. The molecule has 2 fully saturated rings. The second-order valence-corrected chi connectivity index (χ2v) is 5.07. The van der Waals surface area contributed by atoms with Crippen LogP contribution in [-0.4, -0.2) is 24.5 Å². The molecule has 2 aliphatic rings. The van der Waals surface area contributed by atoms with Crippen molar-refractivity contribution in [2.24, 2.45) is 5.92 Å². The lowest BCUT2D eigenvalue weighted by atomic mass is 10.0. The number of carbonyl (C=O) groups is 1. The molecule has 3 unspecified atom stereocenters. The van der Waals surface area contributed by atoms with Crippen molar-refractivity contribution in [3.05, 3.63) is 0 Å². The Labute approximate surface area is 92.0 Å². The Balaban J connectivity index is 1.57. The highest BCUT2D eigenvalue weighted by Gasteiger charge is 2.33. The molecule has 1 heterocycles. The highest BCUT2D eigenvalue weighted by molar-refractivity contribution is 5.76. The fraction of sp³-hybridized carbons (Fsp3) is 0.917. The second-order valence-electron chi connectivity index (χ2n) is 5.07. The van der Waals surface area contributed by atoms with E-state index in [4.69, 9.17) is 0 Å². The van der Waals surface area contributed by atoms with Crippen LogP contribution >= 0.6 is 0 Å². The summed E-state index contributed by atoms with van der Waals surface area (Å²) in [5.41, 5.74) is 0. The van der Waals surface area contributed by atoms with E-state index < -0.39 is 0 Å². The van der Waals surface area contributed by atoms with Crippen LogP contribution in [0.15, 0.2) is 0 Å². The van der Waals surface area contributed by atoms with E-state index in [0.29, 0.717) is 24.4 Å². The van der Waals surface area contributed by atoms with Crippen molar-refractivity contribution in [2.75, 3.05) is 6.54 Å². The van der Waals surface area contributed by atoms with Crippen molar-refractivity contribution in [2.45, 2.75) is 57.5 Å². The Morgan fingerprint density at radius 2 is 2.27 bits per heavy atom. The molecule has 3 heteroatoms. The summed E-state index contributed by atoms with van der Waals surface area (Å²) in [4.78, 5) is 11.5. The third-order valence-electron chi connectivity index (χ3n) is 3.59. The molecule has 0 radical (unpaired) electrons. The van der Waals surface area contributed by atoms with Crippen LogP contribution in [0.1, 0.15) is 45.4 Å². The maximum Gasteiger partial charge on any atom is 0.220 e. The third-order valence-corrected chi connectivity index (χ3v) is 3.59. The largest absolute Gasteiger partial charge is 0.353 e. The third kappa shape index (κ3) is 3.49. The maximum absolute atomic E-state index is 11.5. The molecule has 1 saturated heterocycles. The van der Waals surface area contributed by atoms with E-state index in [9.17, 15) is 4.79 Å². The molecule has 15 heavy (non-hydrogen) atoms. The zero-order chi connectivity index (χ0) is 10.7. The molecule has 0 aromatic heterocycles. The van der Waals surface area contributed by atoms with Crippen LogP contribution in [0.5, 0.6) is 0 Å². The lowest BCUT2D eigenvalue weighted by Gasteiger charge is -2.23. The molecule has 2 rings (SSSR count). The molecule has 1 aliphatic carbocycles. The summed E-state index contributed by atoms with van der Waals surface area (Å²) in [6.07, 6.45) is 6.73. The molecule has 86 valence electrons. The minimum Gasteiger partial charge on any atom is -0.353 e. The van der Waals surface area contributed by atoms with Crippen molar-refractivity contribution in [3.63, 3.8) is 0 Å². The average Bonchev–Trinajstić information content (AvgIpc) is 2.93. The predicted molar refractivity (Wildman–Crippen MR) is 60.6 cm³/mol. The molecule has 0 aromatic rings. The zero-order valence-corrected chi connectivity index (χ0v) is 9.59. The van der Waals surface area contributed by atoms with Gasteiger partial charge in [-0.05, 0) is 38.1 Å². The average molecular weight is 210 g/mol. The van der Waals surface area contributed by atoms with Crippen molar-refractivity contribution in [1.82, 2.24) is 10.6 Å². The van der Waals surface area contributed by atoms with Gasteiger partial charge in [-0.2, -0.15) is 0 Å². The number of piperidine rings is 1. The molecular formula is C12H22N2O. The Bertz CT molecular complexity index is 224. The Hall–Kier alpha value is -0.570. The van der Waals surface area contributed by atoms with Crippen LogP contribution in [-0.2, 0) is 4.79 Å². The summed E-state index contributed by atoms with van der Waals surface area (Å²) in [5.74, 6) is 0.957. The lowest BCUT2D eigenvalue weighted by molar-refractivity contribution is -0.121. The highest BCUT2D eigenvalue weighted by Crippen LogP contribution is 2.29. The van der Waals surface area contributed by atoms with Crippen molar-refractivity contribution in [3.8, 4) is 0 Å².